The van der Waals surface area contributed by atoms with Gasteiger partial charge in [0, 0.05) is 31.1 Å². The van der Waals surface area contributed by atoms with E-state index in [0.29, 0.717) is 25.9 Å². The molecule has 2 rings (SSSR count). The fraction of sp³-hybridized carbons (Fsp3) is 0.833. The minimum Gasteiger partial charge on any atom is -0.339 e. The van der Waals surface area contributed by atoms with Gasteiger partial charge in [-0.1, -0.05) is 0 Å². The highest BCUT2D eigenvalue weighted by atomic mass is 32.2. The number of alkyl halides is 3. The fourth-order valence-corrected chi connectivity index (χ4v) is 3.49. The van der Waals surface area contributed by atoms with Crippen LogP contribution in [0, 0.1) is 0 Å². The summed E-state index contributed by atoms with van der Waals surface area (Å²) in [5.41, 5.74) is 0. The molecular weight excluding hydrogens is 293 g/mol. The maximum Gasteiger partial charge on any atom is 0.397 e. The molecule has 20 heavy (non-hydrogen) atoms. The van der Waals surface area contributed by atoms with Crippen LogP contribution in [0.25, 0.3) is 0 Å². The van der Waals surface area contributed by atoms with Gasteiger partial charge in [0.2, 0.25) is 11.8 Å². The van der Waals surface area contributed by atoms with E-state index >= 15 is 0 Å². The van der Waals surface area contributed by atoms with Gasteiger partial charge in [-0.05, 0) is 12.8 Å². The van der Waals surface area contributed by atoms with E-state index < -0.39 is 24.5 Å². The lowest BCUT2D eigenvalue weighted by molar-refractivity contribution is -0.164. The van der Waals surface area contributed by atoms with E-state index in [-0.39, 0.29) is 12.5 Å². The SMILES string of the molecule is O=C(C1CCCN1C(=O)CC(F)(F)F)N1CCSCC1. The lowest BCUT2D eigenvalue weighted by Gasteiger charge is -2.32. The molecule has 8 heteroatoms. The van der Waals surface area contributed by atoms with Crippen molar-refractivity contribution in [1.29, 1.82) is 0 Å². The van der Waals surface area contributed by atoms with Crippen molar-refractivity contribution in [2.45, 2.75) is 31.5 Å². The van der Waals surface area contributed by atoms with E-state index in [1.165, 1.54) is 0 Å². The fourth-order valence-electron chi connectivity index (χ4n) is 2.59. The van der Waals surface area contributed by atoms with E-state index in [9.17, 15) is 22.8 Å². The first-order chi connectivity index (χ1) is 9.38. The van der Waals surface area contributed by atoms with Crippen molar-refractivity contribution < 1.29 is 22.8 Å². The molecule has 0 aromatic rings. The second-order valence-electron chi connectivity index (χ2n) is 4.97. The molecule has 2 amide bonds. The van der Waals surface area contributed by atoms with Crippen LogP contribution < -0.4 is 0 Å². The standard InChI is InChI=1S/C12H17F3N2O2S/c13-12(14,15)8-10(18)17-3-1-2-9(17)11(19)16-4-6-20-7-5-16/h9H,1-8H2. The van der Waals surface area contributed by atoms with Crippen molar-refractivity contribution in [1.82, 2.24) is 9.80 Å². The molecule has 4 nitrogen and oxygen atoms in total. The van der Waals surface area contributed by atoms with E-state index in [0.717, 1.165) is 16.4 Å². The van der Waals surface area contributed by atoms with E-state index in [2.05, 4.69) is 0 Å². The Morgan fingerprint density at radius 1 is 1.15 bits per heavy atom. The topological polar surface area (TPSA) is 40.6 Å². The maximum atomic E-state index is 12.3. The average Bonchev–Trinajstić information content (AvgIpc) is 2.86. The van der Waals surface area contributed by atoms with E-state index in [4.69, 9.17) is 0 Å². The first-order valence-corrected chi connectivity index (χ1v) is 7.77. The van der Waals surface area contributed by atoms with Gasteiger partial charge in [0.1, 0.15) is 12.5 Å². The largest absolute Gasteiger partial charge is 0.397 e. The Hall–Kier alpha value is -0.920. The Bertz CT molecular complexity index is 383. The molecular formula is C12H17F3N2O2S. The zero-order chi connectivity index (χ0) is 14.8. The predicted molar refractivity (Wildman–Crippen MR) is 69.3 cm³/mol. The number of carbonyl (C=O) groups is 2. The number of carbonyl (C=O) groups excluding carboxylic acids is 2. The number of likely N-dealkylation sites (tertiary alicyclic amines) is 1. The van der Waals surface area contributed by atoms with Crippen molar-refractivity contribution in [3.63, 3.8) is 0 Å². The third-order valence-electron chi connectivity index (χ3n) is 3.53. The van der Waals surface area contributed by atoms with Gasteiger partial charge in [-0.3, -0.25) is 9.59 Å². The Balaban J connectivity index is 1.99. The zero-order valence-electron chi connectivity index (χ0n) is 11.0. The minimum absolute atomic E-state index is 0.196. The molecule has 0 aromatic carbocycles. The van der Waals surface area contributed by atoms with Crippen LogP contribution >= 0.6 is 11.8 Å². The molecule has 0 aromatic heterocycles. The molecule has 2 fully saturated rings. The van der Waals surface area contributed by atoms with Crippen molar-refractivity contribution in [3.8, 4) is 0 Å². The van der Waals surface area contributed by atoms with Gasteiger partial charge in [-0.15, -0.1) is 0 Å². The van der Waals surface area contributed by atoms with Gasteiger partial charge in [-0.2, -0.15) is 24.9 Å². The number of amides is 2. The Morgan fingerprint density at radius 2 is 1.80 bits per heavy atom. The number of nitrogens with zero attached hydrogens (tertiary/aromatic N) is 2. The van der Waals surface area contributed by atoms with Crippen LogP contribution in [0.1, 0.15) is 19.3 Å². The summed E-state index contributed by atoms with van der Waals surface area (Å²) in [6.45, 7) is 1.47. The first-order valence-electron chi connectivity index (χ1n) is 6.61. The smallest absolute Gasteiger partial charge is 0.339 e. The summed E-state index contributed by atoms with van der Waals surface area (Å²) in [5, 5.41) is 0. The quantitative estimate of drug-likeness (QED) is 0.776. The van der Waals surface area contributed by atoms with Gasteiger partial charge in [0.05, 0.1) is 0 Å². The number of halogens is 3. The Labute approximate surface area is 119 Å². The van der Waals surface area contributed by atoms with Crippen molar-refractivity contribution in [3.05, 3.63) is 0 Å². The molecule has 0 spiro atoms. The summed E-state index contributed by atoms with van der Waals surface area (Å²) in [4.78, 5) is 26.8. The average molecular weight is 310 g/mol. The summed E-state index contributed by atoms with van der Waals surface area (Å²) in [5.74, 6) is 0.502. The highest BCUT2D eigenvalue weighted by Crippen LogP contribution is 2.26. The van der Waals surface area contributed by atoms with E-state index in [1.54, 1.807) is 16.7 Å². The first kappa shape index (κ1) is 15.5. The molecule has 2 aliphatic heterocycles. The lowest BCUT2D eigenvalue weighted by Crippen LogP contribution is -2.50. The van der Waals surface area contributed by atoms with Crippen LogP contribution in [0.15, 0.2) is 0 Å². The molecule has 0 N–H and O–H groups in total. The van der Waals surface area contributed by atoms with Gasteiger partial charge in [0.25, 0.3) is 0 Å². The van der Waals surface area contributed by atoms with Crippen molar-refractivity contribution in [2.24, 2.45) is 0 Å². The van der Waals surface area contributed by atoms with Crippen LogP contribution in [-0.4, -0.2) is 65.0 Å². The number of rotatable bonds is 2. The maximum absolute atomic E-state index is 12.3. The summed E-state index contributed by atoms with van der Waals surface area (Å²) in [7, 11) is 0. The third kappa shape index (κ3) is 3.80. The van der Waals surface area contributed by atoms with Gasteiger partial charge >= 0.3 is 6.18 Å². The van der Waals surface area contributed by atoms with Crippen LogP contribution in [0.5, 0.6) is 0 Å². The monoisotopic (exact) mass is 310 g/mol. The molecule has 2 saturated heterocycles. The van der Waals surface area contributed by atoms with Crippen molar-refractivity contribution in [2.75, 3.05) is 31.1 Å². The molecule has 2 heterocycles. The minimum atomic E-state index is -4.52. The van der Waals surface area contributed by atoms with Crippen molar-refractivity contribution >= 4 is 23.6 Å². The summed E-state index contributed by atoms with van der Waals surface area (Å²) < 4.78 is 36.9. The van der Waals surface area contributed by atoms with Crippen LogP contribution in [-0.2, 0) is 9.59 Å². The second kappa shape index (κ2) is 6.24. The summed E-state index contributed by atoms with van der Waals surface area (Å²) in [6, 6.07) is -0.701. The lowest BCUT2D eigenvalue weighted by atomic mass is 10.2. The molecule has 2 aliphatic rings. The van der Waals surface area contributed by atoms with Gasteiger partial charge in [0.15, 0.2) is 0 Å². The number of hydrogen-bond acceptors (Lipinski definition) is 3. The Kier molecular flexibility index (Phi) is 4.82. The molecule has 0 saturated carbocycles. The van der Waals surface area contributed by atoms with E-state index in [1.807, 2.05) is 0 Å². The predicted octanol–water partition coefficient (Wildman–Crippen LogP) is 1.51. The van der Waals surface area contributed by atoms with Gasteiger partial charge in [-0.25, -0.2) is 0 Å². The highest BCUT2D eigenvalue weighted by Gasteiger charge is 2.41. The van der Waals surface area contributed by atoms with Crippen LogP contribution in [0.2, 0.25) is 0 Å². The normalized spacial score (nSPS) is 24.1. The molecule has 0 aliphatic carbocycles. The number of hydrogen-bond donors (Lipinski definition) is 0. The summed E-state index contributed by atoms with van der Waals surface area (Å²) >= 11 is 1.75. The molecule has 114 valence electrons. The van der Waals surface area contributed by atoms with Gasteiger partial charge < -0.3 is 9.80 Å². The van der Waals surface area contributed by atoms with Crippen LogP contribution in [0.3, 0.4) is 0 Å². The molecule has 1 unspecified atom stereocenters. The third-order valence-corrected chi connectivity index (χ3v) is 4.48. The zero-order valence-corrected chi connectivity index (χ0v) is 11.8. The highest BCUT2D eigenvalue weighted by molar-refractivity contribution is 7.99. The molecule has 0 bridgehead atoms. The van der Waals surface area contributed by atoms with Crippen LogP contribution in [0.4, 0.5) is 13.2 Å². The second-order valence-corrected chi connectivity index (χ2v) is 6.20. The Morgan fingerprint density at radius 3 is 2.40 bits per heavy atom. The molecule has 1 atom stereocenters. The molecule has 0 radical (unpaired) electrons. The summed E-state index contributed by atoms with van der Waals surface area (Å²) in [6.07, 6.45) is -4.95. The number of thioether (sulfide) groups is 1.